The molecule has 0 radical (unpaired) electrons. The van der Waals surface area contributed by atoms with Gasteiger partial charge >= 0.3 is 0 Å². The van der Waals surface area contributed by atoms with Crippen LogP contribution in [0.2, 0.25) is 0 Å². The Kier molecular flexibility index (Phi) is 2.64. The van der Waals surface area contributed by atoms with Crippen molar-refractivity contribution in [3.05, 3.63) is 40.8 Å². The Hall–Kier alpha value is -1.88. The van der Waals surface area contributed by atoms with Gasteiger partial charge in [-0.1, -0.05) is 6.07 Å². The average Bonchev–Trinajstić information content (AvgIpc) is 2.63. The van der Waals surface area contributed by atoms with E-state index in [1.54, 1.807) is 6.20 Å². The largest absolute Gasteiger partial charge is 0.329 e. The molecule has 0 atom stereocenters. The fraction of sp³-hybridized carbons (Fsp3) is 0.200. The summed E-state index contributed by atoms with van der Waals surface area (Å²) in [6.45, 7) is 0.924. The first kappa shape index (κ1) is 9.67. The third-order valence-corrected chi connectivity index (χ3v) is 2.08. The lowest BCUT2D eigenvalue weighted by Gasteiger charge is -1.98. The molecular weight excluding hydrogens is 192 g/mol. The minimum absolute atomic E-state index is 0.0823. The van der Waals surface area contributed by atoms with Crippen LogP contribution in [0.3, 0.4) is 0 Å². The van der Waals surface area contributed by atoms with Crippen molar-refractivity contribution in [1.82, 2.24) is 14.8 Å². The molecule has 5 heteroatoms. The first-order valence-electron chi connectivity index (χ1n) is 4.72. The molecule has 0 bridgehead atoms. The molecule has 0 aromatic carbocycles. The second-order valence-electron chi connectivity index (χ2n) is 3.16. The van der Waals surface area contributed by atoms with Gasteiger partial charge in [0.1, 0.15) is 0 Å². The predicted octanol–water partition coefficient (Wildman–Crippen LogP) is 0.197. The molecule has 15 heavy (non-hydrogen) atoms. The van der Waals surface area contributed by atoms with Crippen molar-refractivity contribution in [1.29, 1.82) is 0 Å². The van der Waals surface area contributed by atoms with Crippen LogP contribution in [0.4, 0.5) is 0 Å². The third-order valence-electron chi connectivity index (χ3n) is 2.08. The van der Waals surface area contributed by atoms with Gasteiger partial charge in [0.15, 0.2) is 0 Å². The van der Waals surface area contributed by atoms with Gasteiger partial charge in [-0.15, -0.1) is 0 Å². The van der Waals surface area contributed by atoms with Crippen molar-refractivity contribution in [3.8, 4) is 11.4 Å². The molecule has 0 fully saturated rings. The van der Waals surface area contributed by atoms with Gasteiger partial charge in [-0.05, 0) is 12.1 Å². The van der Waals surface area contributed by atoms with E-state index in [-0.39, 0.29) is 5.56 Å². The van der Waals surface area contributed by atoms with Crippen molar-refractivity contribution in [2.45, 2.75) is 6.54 Å². The van der Waals surface area contributed by atoms with Gasteiger partial charge < -0.3 is 5.73 Å². The monoisotopic (exact) mass is 204 g/mol. The first-order chi connectivity index (χ1) is 7.31. The smallest absolute Gasteiger partial charge is 0.267 e. The minimum atomic E-state index is -0.0823. The fourth-order valence-electron chi connectivity index (χ4n) is 1.38. The SMILES string of the molecule is NCCn1[nH]c(-c2ccccn2)cc1=O. The van der Waals surface area contributed by atoms with E-state index in [0.29, 0.717) is 18.8 Å². The van der Waals surface area contributed by atoms with Crippen molar-refractivity contribution in [2.75, 3.05) is 6.54 Å². The molecule has 0 aliphatic carbocycles. The van der Waals surface area contributed by atoms with E-state index < -0.39 is 0 Å². The number of nitrogens with one attached hydrogen (secondary N) is 1. The van der Waals surface area contributed by atoms with E-state index in [4.69, 9.17) is 5.73 Å². The van der Waals surface area contributed by atoms with Crippen LogP contribution in [0, 0.1) is 0 Å². The highest BCUT2D eigenvalue weighted by molar-refractivity contribution is 5.52. The molecule has 2 rings (SSSR count). The lowest BCUT2D eigenvalue weighted by molar-refractivity contribution is 0.608. The number of aromatic amines is 1. The first-order valence-corrected chi connectivity index (χ1v) is 4.72. The van der Waals surface area contributed by atoms with Gasteiger partial charge in [0.2, 0.25) is 0 Å². The maximum atomic E-state index is 11.5. The Labute approximate surface area is 86.5 Å². The number of rotatable bonds is 3. The summed E-state index contributed by atoms with van der Waals surface area (Å²) in [6.07, 6.45) is 1.69. The molecule has 0 unspecified atom stereocenters. The highest BCUT2D eigenvalue weighted by Gasteiger charge is 2.04. The summed E-state index contributed by atoms with van der Waals surface area (Å²) in [7, 11) is 0. The summed E-state index contributed by atoms with van der Waals surface area (Å²) in [5.74, 6) is 0. The summed E-state index contributed by atoms with van der Waals surface area (Å²) < 4.78 is 1.48. The molecule has 0 aliphatic rings. The van der Waals surface area contributed by atoms with Crippen LogP contribution >= 0.6 is 0 Å². The number of nitrogens with zero attached hydrogens (tertiary/aromatic N) is 2. The number of hydrogen-bond acceptors (Lipinski definition) is 3. The highest BCUT2D eigenvalue weighted by Crippen LogP contribution is 2.10. The number of nitrogens with two attached hydrogens (primary N) is 1. The van der Waals surface area contributed by atoms with E-state index in [1.807, 2.05) is 18.2 Å². The van der Waals surface area contributed by atoms with Gasteiger partial charge in [-0.25, -0.2) is 0 Å². The van der Waals surface area contributed by atoms with Crippen molar-refractivity contribution < 1.29 is 0 Å². The van der Waals surface area contributed by atoms with Crippen molar-refractivity contribution >= 4 is 0 Å². The van der Waals surface area contributed by atoms with Crippen LogP contribution in [-0.4, -0.2) is 21.3 Å². The Balaban J connectivity index is 2.39. The zero-order valence-corrected chi connectivity index (χ0v) is 8.18. The topological polar surface area (TPSA) is 76.7 Å². The highest BCUT2D eigenvalue weighted by atomic mass is 16.1. The molecule has 0 aliphatic heterocycles. The van der Waals surface area contributed by atoms with Crippen LogP contribution in [0.15, 0.2) is 35.3 Å². The van der Waals surface area contributed by atoms with Gasteiger partial charge in [-0.2, -0.15) is 0 Å². The van der Waals surface area contributed by atoms with Gasteiger partial charge in [0, 0.05) is 18.8 Å². The summed E-state index contributed by atoms with van der Waals surface area (Å²) in [6, 6.07) is 7.08. The van der Waals surface area contributed by atoms with Crippen LogP contribution in [0.25, 0.3) is 11.4 Å². The Morgan fingerprint density at radius 1 is 1.47 bits per heavy atom. The predicted molar refractivity (Wildman–Crippen MR) is 57.3 cm³/mol. The standard InChI is InChI=1S/C10H12N4O/c11-4-6-14-10(15)7-9(13-14)8-3-1-2-5-12-8/h1-3,5,7,13H,4,6,11H2. The molecule has 78 valence electrons. The average molecular weight is 204 g/mol. The van der Waals surface area contributed by atoms with E-state index in [2.05, 4.69) is 10.1 Å². The molecule has 2 heterocycles. The Bertz CT molecular complexity index is 486. The zero-order valence-electron chi connectivity index (χ0n) is 8.18. The molecule has 0 saturated carbocycles. The summed E-state index contributed by atoms with van der Waals surface area (Å²) in [4.78, 5) is 15.6. The Morgan fingerprint density at radius 2 is 2.33 bits per heavy atom. The van der Waals surface area contributed by atoms with Crippen molar-refractivity contribution in [2.24, 2.45) is 5.73 Å². The van der Waals surface area contributed by atoms with Crippen molar-refractivity contribution in [3.63, 3.8) is 0 Å². The third kappa shape index (κ3) is 1.97. The van der Waals surface area contributed by atoms with Crippen LogP contribution in [-0.2, 0) is 6.54 Å². The summed E-state index contributed by atoms with van der Waals surface area (Å²) in [5.41, 5.74) is 6.77. The van der Waals surface area contributed by atoms with E-state index in [9.17, 15) is 4.79 Å². The molecule has 0 spiro atoms. The maximum Gasteiger partial charge on any atom is 0.267 e. The lowest BCUT2D eigenvalue weighted by atomic mass is 10.3. The fourth-order valence-corrected chi connectivity index (χ4v) is 1.38. The molecule has 2 aromatic rings. The Morgan fingerprint density at radius 3 is 3.00 bits per heavy atom. The molecule has 2 aromatic heterocycles. The number of pyridine rings is 1. The number of aromatic nitrogens is 3. The van der Waals surface area contributed by atoms with Gasteiger partial charge in [-0.3, -0.25) is 19.6 Å². The second-order valence-corrected chi connectivity index (χ2v) is 3.16. The van der Waals surface area contributed by atoms with E-state index in [0.717, 1.165) is 5.69 Å². The zero-order chi connectivity index (χ0) is 10.7. The quantitative estimate of drug-likeness (QED) is 0.749. The molecular formula is C10H12N4O. The number of H-pyrrole nitrogens is 1. The maximum absolute atomic E-state index is 11.5. The summed E-state index contributed by atoms with van der Waals surface area (Å²) in [5, 5.41) is 2.96. The summed E-state index contributed by atoms with van der Waals surface area (Å²) >= 11 is 0. The molecule has 0 amide bonds. The molecule has 5 nitrogen and oxygen atoms in total. The molecule has 3 N–H and O–H groups in total. The van der Waals surface area contributed by atoms with E-state index in [1.165, 1.54) is 10.7 Å². The molecule has 0 saturated heterocycles. The van der Waals surface area contributed by atoms with Gasteiger partial charge in [0.25, 0.3) is 5.56 Å². The lowest BCUT2D eigenvalue weighted by Crippen LogP contribution is -2.20. The minimum Gasteiger partial charge on any atom is -0.329 e. The second kappa shape index (κ2) is 4.10. The van der Waals surface area contributed by atoms with Gasteiger partial charge in [0.05, 0.1) is 17.9 Å². The number of hydrogen-bond donors (Lipinski definition) is 2. The van der Waals surface area contributed by atoms with Crippen LogP contribution in [0.5, 0.6) is 0 Å². The van der Waals surface area contributed by atoms with Crippen LogP contribution in [0.1, 0.15) is 0 Å². The van der Waals surface area contributed by atoms with E-state index >= 15 is 0 Å². The van der Waals surface area contributed by atoms with Crippen LogP contribution < -0.4 is 11.3 Å². The normalized spacial score (nSPS) is 10.5.